The van der Waals surface area contributed by atoms with Crippen LogP contribution < -0.4 is 4.90 Å². The van der Waals surface area contributed by atoms with E-state index in [0.29, 0.717) is 31.3 Å². The molecule has 1 aliphatic rings. The first-order valence-corrected chi connectivity index (χ1v) is 9.27. The Balaban J connectivity index is 1.78. The van der Waals surface area contributed by atoms with E-state index in [-0.39, 0.29) is 9.10 Å². The maximum absolute atomic E-state index is 12.5. The van der Waals surface area contributed by atoms with Crippen molar-refractivity contribution in [1.29, 1.82) is 0 Å². The standard InChI is InChI=1S/C14H15N3O4S2/c18-14(19)17-8-6-16(7-9-17)13-15-10-12(22-13)23(20,21)11-4-2-1-3-5-11/h1-5,10H,6-9H2,(H,18,19). The molecule has 0 spiro atoms. The summed E-state index contributed by atoms with van der Waals surface area (Å²) in [6, 6.07) is 8.24. The van der Waals surface area contributed by atoms with Crippen molar-refractivity contribution in [1.82, 2.24) is 9.88 Å². The van der Waals surface area contributed by atoms with Crippen LogP contribution >= 0.6 is 11.3 Å². The summed E-state index contributed by atoms with van der Waals surface area (Å²) >= 11 is 1.11. The molecule has 3 rings (SSSR count). The summed E-state index contributed by atoms with van der Waals surface area (Å²) in [6.07, 6.45) is 0.433. The second-order valence-electron chi connectivity index (χ2n) is 5.04. The number of nitrogens with zero attached hydrogens (tertiary/aromatic N) is 3. The Morgan fingerprint density at radius 2 is 1.78 bits per heavy atom. The van der Waals surface area contributed by atoms with Gasteiger partial charge in [-0.15, -0.1) is 0 Å². The van der Waals surface area contributed by atoms with Gasteiger partial charge in [0.2, 0.25) is 9.84 Å². The Kier molecular flexibility index (Phi) is 4.22. The van der Waals surface area contributed by atoms with E-state index in [1.165, 1.54) is 11.1 Å². The van der Waals surface area contributed by atoms with Crippen LogP contribution in [0.15, 0.2) is 45.6 Å². The monoisotopic (exact) mass is 353 g/mol. The van der Waals surface area contributed by atoms with Gasteiger partial charge in [-0.3, -0.25) is 0 Å². The van der Waals surface area contributed by atoms with Crippen LogP contribution in [0.2, 0.25) is 0 Å². The zero-order valence-electron chi connectivity index (χ0n) is 12.1. The molecule has 122 valence electrons. The molecule has 0 bridgehead atoms. The molecule has 0 unspecified atom stereocenters. The van der Waals surface area contributed by atoms with Gasteiger partial charge in [0.1, 0.15) is 4.21 Å². The largest absolute Gasteiger partial charge is 0.465 e. The lowest BCUT2D eigenvalue weighted by atomic mass is 10.3. The molecule has 1 fully saturated rings. The third-order valence-electron chi connectivity index (χ3n) is 3.61. The number of piperazine rings is 1. The van der Waals surface area contributed by atoms with Gasteiger partial charge < -0.3 is 14.9 Å². The number of carbonyl (C=O) groups is 1. The molecule has 1 aromatic carbocycles. The smallest absolute Gasteiger partial charge is 0.407 e. The van der Waals surface area contributed by atoms with Gasteiger partial charge in [-0.1, -0.05) is 29.5 Å². The van der Waals surface area contributed by atoms with Gasteiger partial charge in [-0.2, -0.15) is 0 Å². The summed E-state index contributed by atoms with van der Waals surface area (Å²) in [5.41, 5.74) is 0. The van der Waals surface area contributed by atoms with Crippen LogP contribution in [0.4, 0.5) is 9.93 Å². The molecule has 2 aromatic rings. The van der Waals surface area contributed by atoms with Crippen molar-refractivity contribution < 1.29 is 18.3 Å². The molecule has 9 heteroatoms. The van der Waals surface area contributed by atoms with E-state index in [1.54, 1.807) is 30.3 Å². The molecule has 1 saturated heterocycles. The fourth-order valence-corrected chi connectivity index (χ4v) is 4.92. The molecular weight excluding hydrogens is 338 g/mol. The maximum Gasteiger partial charge on any atom is 0.407 e. The van der Waals surface area contributed by atoms with Crippen molar-refractivity contribution in [2.45, 2.75) is 9.10 Å². The zero-order valence-corrected chi connectivity index (χ0v) is 13.8. The molecule has 0 atom stereocenters. The van der Waals surface area contributed by atoms with Crippen molar-refractivity contribution in [3.05, 3.63) is 36.5 Å². The van der Waals surface area contributed by atoms with Gasteiger partial charge in [0.15, 0.2) is 5.13 Å². The number of hydrogen-bond donors (Lipinski definition) is 1. The van der Waals surface area contributed by atoms with E-state index >= 15 is 0 Å². The van der Waals surface area contributed by atoms with E-state index in [9.17, 15) is 13.2 Å². The lowest BCUT2D eigenvalue weighted by Gasteiger charge is -2.32. The number of aromatic nitrogens is 1. The second kappa shape index (κ2) is 6.17. The number of benzene rings is 1. The number of amides is 1. The van der Waals surface area contributed by atoms with Crippen molar-refractivity contribution >= 4 is 32.4 Å². The van der Waals surface area contributed by atoms with E-state index in [1.807, 2.05) is 4.90 Å². The SMILES string of the molecule is O=C(O)N1CCN(c2ncc(S(=O)(=O)c3ccccc3)s2)CC1. The highest BCUT2D eigenvalue weighted by atomic mass is 32.2. The highest BCUT2D eigenvalue weighted by Crippen LogP contribution is 2.30. The molecule has 1 aliphatic heterocycles. The maximum atomic E-state index is 12.5. The molecule has 7 nitrogen and oxygen atoms in total. The first-order valence-electron chi connectivity index (χ1n) is 6.97. The minimum absolute atomic E-state index is 0.194. The Bertz CT molecular complexity index is 796. The third-order valence-corrected chi connectivity index (χ3v) is 6.90. The lowest BCUT2D eigenvalue weighted by Crippen LogP contribution is -2.48. The van der Waals surface area contributed by atoms with Gasteiger partial charge >= 0.3 is 6.09 Å². The third kappa shape index (κ3) is 3.15. The molecule has 0 radical (unpaired) electrons. The van der Waals surface area contributed by atoms with Gasteiger partial charge in [-0.05, 0) is 12.1 Å². The lowest BCUT2D eigenvalue weighted by molar-refractivity contribution is 0.142. The van der Waals surface area contributed by atoms with E-state index in [4.69, 9.17) is 5.11 Å². The van der Waals surface area contributed by atoms with Crippen LogP contribution in [0.25, 0.3) is 0 Å². The number of sulfone groups is 1. The van der Waals surface area contributed by atoms with E-state index in [0.717, 1.165) is 11.3 Å². The summed E-state index contributed by atoms with van der Waals surface area (Å²) in [5, 5.41) is 9.55. The second-order valence-corrected chi connectivity index (χ2v) is 8.22. The Morgan fingerprint density at radius 3 is 2.39 bits per heavy atom. The van der Waals surface area contributed by atoms with Crippen molar-refractivity contribution in [3.8, 4) is 0 Å². The summed E-state index contributed by atoms with van der Waals surface area (Å²) < 4.78 is 25.3. The Hall–Kier alpha value is -2.13. The molecule has 0 saturated carbocycles. The van der Waals surface area contributed by atoms with Gasteiger partial charge in [0, 0.05) is 26.2 Å². The van der Waals surface area contributed by atoms with Crippen LogP contribution in [0.3, 0.4) is 0 Å². The molecule has 0 aliphatic carbocycles. The van der Waals surface area contributed by atoms with Crippen molar-refractivity contribution in [2.75, 3.05) is 31.1 Å². The highest BCUT2D eigenvalue weighted by Gasteiger charge is 2.25. The number of hydrogen-bond acceptors (Lipinski definition) is 6. The fourth-order valence-electron chi connectivity index (χ4n) is 2.33. The average molecular weight is 353 g/mol. The molecule has 1 N–H and O–H groups in total. The predicted molar refractivity (Wildman–Crippen MR) is 85.8 cm³/mol. The molecule has 23 heavy (non-hydrogen) atoms. The molecule has 1 amide bonds. The van der Waals surface area contributed by atoms with Crippen molar-refractivity contribution in [3.63, 3.8) is 0 Å². The minimum atomic E-state index is -3.56. The predicted octanol–water partition coefficient (Wildman–Crippen LogP) is 1.78. The number of rotatable bonds is 3. The van der Waals surface area contributed by atoms with Crippen LogP contribution in [-0.2, 0) is 9.84 Å². The summed E-state index contributed by atoms with van der Waals surface area (Å²) in [4.78, 5) is 18.6. The van der Waals surface area contributed by atoms with E-state index in [2.05, 4.69) is 4.98 Å². The fraction of sp³-hybridized carbons (Fsp3) is 0.286. The topological polar surface area (TPSA) is 90.8 Å². The van der Waals surface area contributed by atoms with E-state index < -0.39 is 15.9 Å². The van der Waals surface area contributed by atoms with Gasteiger partial charge in [-0.25, -0.2) is 18.2 Å². The number of thiazole rings is 1. The van der Waals surface area contributed by atoms with Gasteiger partial charge in [0.25, 0.3) is 0 Å². The van der Waals surface area contributed by atoms with Crippen LogP contribution in [-0.4, -0.2) is 55.7 Å². The normalized spacial score (nSPS) is 15.7. The zero-order chi connectivity index (χ0) is 16.4. The summed E-state index contributed by atoms with van der Waals surface area (Å²) in [7, 11) is -3.56. The van der Waals surface area contributed by atoms with Crippen LogP contribution in [0.5, 0.6) is 0 Å². The van der Waals surface area contributed by atoms with Gasteiger partial charge in [0.05, 0.1) is 11.1 Å². The first kappa shape index (κ1) is 15.8. The Morgan fingerprint density at radius 1 is 1.13 bits per heavy atom. The number of anilines is 1. The van der Waals surface area contributed by atoms with Crippen molar-refractivity contribution in [2.24, 2.45) is 0 Å². The number of carboxylic acid groups (broad SMARTS) is 1. The average Bonchev–Trinajstić information content (AvgIpc) is 3.06. The summed E-state index contributed by atoms with van der Waals surface area (Å²) in [5.74, 6) is 0. The first-order chi connectivity index (χ1) is 11.0. The molecule has 2 heterocycles. The Labute approximate surface area is 137 Å². The minimum Gasteiger partial charge on any atom is -0.465 e. The molecular formula is C14H15N3O4S2. The highest BCUT2D eigenvalue weighted by molar-refractivity contribution is 7.93. The van der Waals surface area contributed by atoms with Crippen LogP contribution in [0.1, 0.15) is 0 Å². The summed E-state index contributed by atoms with van der Waals surface area (Å²) in [6.45, 7) is 1.78. The van der Waals surface area contributed by atoms with Crippen LogP contribution in [0, 0.1) is 0 Å². The quantitative estimate of drug-likeness (QED) is 0.904. The molecule has 1 aromatic heterocycles.